The van der Waals surface area contributed by atoms with Gasteiger partial charge >= 0.3 is 5.97 Å². The van der Waals surface area contributed by atoms with E-state index < -0.39 is 0 Å². The zero-order valence-corrected chi connectivity index (χ0v) is 14.5. The molecule has 2 aromatic heterocycles. The second-order valence-corrected chi connectivity index (χ2v) is 7.34. The maximum atomic E-state index is 11.8. The fourth-order valence-electron chi connectivity index (χ4n) is 1.57. The highest BCUT2D eigenvalue weighted by molar-refractivity contribution is 8.01. The van der Waals surface area contributed by atoms with Crippen LogP contribution in [0.25, 0.3) is 0 Å². The molecule has 2 rings (SSSR count). The van der Waals surface area contributed by atoms with Crippen LogP contribution in [0.3, 0.4) is 0 Å². The van der Waals surface area contributed by atoms with Crippen molar-refractivity contribution in [1.29, 1.82) is 0 Å². The lowest BCUT2D eigenvalue weighted by atomic mass is 10.3. The molecule has 8 heteroatoms. The van der Waals surface area contributed by atoms with Crippen LogP contribution in [-0.4, -0.2) is 29.2 Å². The fourth-order valence-corrected chi connectivity index (χ4v) is 3.89. The van der Waals surface area contributed by atoms with Gasteiger partial charge < -0.3 is 10.1 Å². The lowest BCUT2D eigenvalue weighted by Crippen LogP contribution is -2.24. The SMILES string of the molecule is CCOC(=O)Cc1csc(SCC(=O)NCc2cccs2)n1. The number of rotatable bonds is 8. The lowest BCUT2D eigenvalue weighted by molar-refractivity contribution is -0.142. The zero-order chi connectivity index (χ0) is 15.8. The highest BCUT2D eigenvalue weighted by Gasteiger charge is 2.10. The molecule has 0 unspecified atom stereocenters. The molecule has 0 aromatic carbocycles. The molecular weight excluding hydrogens is 340 g/mol. The molecule has 0 fully saturated rings. The van der Waals surface area contributed by atoms with Crippen LogP contribution in [0.1, 0.15) is 17.5 Å². The summed E-state index contributed by atoms with van der Waals surface area (Å²) < 4.78 is 5.66. The third-order valence-corrected chi connectivity index (χ3v) is 5.47. The number of nitrogens with one attached hydrogen (secondary N) is 1. The van der Waals surface area contributed by atoms with Crippen LogP contribution < -0.4 is 5.32 Å². The molecule has 0 radical (unpaired) electrons. The smallest absolute Gasteiger partial charge is 0.311 e. The number of hydrogen-bond acceptors (Lipinski definition) is 7. The van der Waals surface area contributed by atoms with Crippen LogP contribution in [0, 0.1) is 0 Å². The van der Waals surface area contributed by atoms with Crippen LogP contribution in [0.5, 0.6) is 0 Å². The predicted molar refractivity (Wildman–Crippen MR) is 89.3 cm³/mol. The third kappa shape index (κ3) is 5.78. The monoisotopic (exact) mass is 356 g/mol. The van der Waals surface area contributed by atoms with Gasteiger partial charge in [0.1, 0.15) is 0 Å². The largest absolute Gasteiger partial charge is 0.466 e. The summed E-state index contributed by atoms with van der Waals surface area (Å²) in [6, 6.07) is 3.95. The van der Waals surface area contributed by atoms with Crippen LogP contribution in [0.4, 0.5) is 0 Å². The van der Waals surface area contributed by atoms with Crippen molar-refractivity contribution in [3.63, 3.8) is 0 Å². The number of aromatic nitrogens is 1. The molecule has 0 spiro atoms. The van der Waals surface area contributed by atoms with Gasteiger partial charge in [-0.05, 0) is 18.4 Å². The van der Waals surface area contributed by atoms with E-state index in [2.05, 4.69) is 10.3 Å². The first-order chi connectivity index (χ1) is 10.7. The van der Waals surface area contributed by atoms with Gasteiger partial charge in [0.2, 0.25) is 5.91 Å². The molecule has 5 nitrogen and oxygen atoms in total. The Bertz CT molecular complexity index is 611. The molecule has 0 atom stereocenters. The topological polar surface area (TPSA) is 68.3 Å². The van der Waals surface area contributed by atoms with Crippen LogP contribution in [0.15, 0.2) is 27.2 Å². The van der Waals surface area contributed by atoms with Gasteiger partial charge in [0.05, 0.1) is 31.0 Å². The second kappa shape index (κ2) is 8.92. The summed E-state index contributed by atoms with van der Waals surface area (Å²) in [5.41, 5.74) is 0.685. The Hall–Kier alpha value is -1.38. The summed E-state index contributed by atoms with van der Waals surface area (Å²) >= 11 is 4.42. The van der Waals surface area contributed by atoms with Crippen molar-refractivity contribution in [2.24, 2.45) is 0 Å². The summed E-state index contributed by atoms with van der Waals surface area (Å²) in [6.07, 6.45) is 0.176. The number of carbonyl (C=O) groups excluding carboxylic acids is 2. The average molecular weight is 356 g/mol. The number of esters is 1. The molecule has 0 saturated carbocycles. The van der Waals surface area contributed by atoms with E-state index in [4.69, 9.17) is 4.74 Å². The van der Waals surface area contributed by atoms with E-state index >= 15 is 0 Å². The molecule has 22 heavy (non-hydrogen) atoms. The summed E-state index contributed by atoms with van der Waals surface area (Å²) in [4.78, 5) is 28.6. The molecule has 2 heterocycles. The van der Waals surface area contributed by atoms with Crippen molar-refractivity contribution in [2.45, 2.75) is 24.2 Å². The van der Waals surface area contributed by atoms with Gasteiger partial charge in [0.15, 0.2) is 4.34 Å². The molecule has 0 bridgehead atoms. The van der Waals surface area contributed by atoms with E-state index in [1.807, 2.05) is 22.9 Å². The maximum Gasteiger partial charge on any atom is 0.311 e. The first kappa shape index (κ1) is 17.0. The summed E-state index contributed by atoms with van der Waals surface area (Å²) in [7, 11) is 0. The van der Waals surface area contributed by atoms with Gasteiger partial charge in [-0.3, -0.25) is 9.59 Å². The van der Waals surface area contributed by atoms with Crippen LogP contribution in [-0.2, 0) is 27.3 Å². The summed E-state index contributed by atoms with van der Waals surface area (Å²) in [6.45, 7) is 2.70. The minimum Gasteiger partial charge on any atom is -0.466 e. The Morgan fingerprint density at radius 1 is 1.41 bits per heavy atom. The second-order valence-electron chi connectivity index (χ2n) is 4.23. The quantitative estimate of drug-likeness (QED) is 0.582. The molecule has 118 valence electrons. The Kier molecular flexibility index (Phi) is 6.88. The first-order valence-corrected chi connectivity index (χ1v) is 9.43. The van der Waals surface area contributed by atoms with Gasteiger partial charge in [0, 0.05) is 10.3 Å². The van der Waals surface area contributed by atoms with Crippen molar-refractivity contribution in [1.82, 2.24) is 10.3 Å². The minimum absolute atomic E-state index is 0.0273. The number of thiazole rings is 1. The van der Waals surface area contributed by atoms with E-state index in [0.717, 1.165) is 9.22 Å². The number of thioether (sulfide) groups is 1. The van der Waals surface area contributed by atoms with E-state index in [1.54, 1.807) is 18.3 Å². The first-order valence-electron chi connectivity index (χ1n) is 6.69. The Morgan fingerprint density at radius 3 is 3.00 bits per heavy atom. The lowest BCUT2D eigenvalue weighted by Gasteiger charge is -2.02. The number of thiophene rings is 1. The number of hydrogen-bond donors (Lipinski definition) is 1. The Balaban J connectivity index is 1.71. The van der Waals surface area contributed by atoms with E-state index in [9.17, 15) is 9.59 Å². The summed E-state index contributed by atoms with van der Waals surface area (Å²) in [5, 5.41) is 6.67. The minimum atomic E-state index is -0.280. The average Bonchev–Trinajstić information content (AvgIpc) is 3.14. The molecule has 0 saturated heterocycles. The molecule has 1 amide bonds. The highest BCUT2D eigenvalue weighted by Crippen LogP contribution is 2.22. The van der Waals surface area contributed by atoms with Crippen LogP contribution in [0.2, 0.25) is 0 Å². The molecule has 0 aliphatic carbocycles. The van der Waals surface area contributed by atoms with Gasteiger partial charge in [0.25, 0.3) is 0 Å². The van der Waals surface area contributed by atoms with Crippen molar-refractivity contribution in [2.75, 3.05) is 12.4 Å². The predicted octanol–water partition coefficient (Wildman–Crippen LogP) is 2.72. The Labute approximate surface area is 141 Å². The maximum absolute atomic E-state index is 11.8. The molecule has 0 aliphatic rings. The molecular formula is C14H16N2O3S3. The van der Waals surface area contributed by atoms with Gasteiger partial charge in [-0.2, -0.15) is 0 Å². The van der Waals surface area contributed by atoms with Gasteiger partial charge in [-0.25, -0.2) is 4.98 Å². The zero-order valence-electron chi connectivity index (χ0n) is 12.0. The fraction of sp³-hybridized carbons (Fsp3) is 0.357. The third-order valence-electron chi connectivity index (χ3n) is 2.53. The van der Waals surface area contributed by atoms with E-state index in [-0.39, 0.29) is 18.3 Å². The Morgan fingerprint density at radius 2 is 2.27 bits per heavy atom. The molecule has 0 aliphatic heterocycles. The number of carbonyl (C=O) groups is 2. The van der Waals surface area contributed by atoms with E-state index in [1.165, 1.54) is 23.1 Å². The van der Waals surface area contributed by atoms with Gasteiger partial charge in [-0.15, -0.1) is 22.7 Å². The van der Waals surface area contributed by atoms with E-state index in [0.29, 0.717) is 24.6 Å². The molecule has 2 aromatic rings. The summed E-state index contributed by atoms with van der Waals surface area (Å²) in [5.74, 6) is 0.0103. The van der Waals surface area contributed by atoms with Crippen LogP contribution >= 0.6 is 34.4 Å². The highest BCUT2D eigenvalue weighted by atomic mass is 32.2. The van der Waals surface area contributed by atoms with Gasteiger partial charge in [-0.1, -0.05) is 17.8 Å². The van der Waals surface area contributed by atoms with Crippen molar-refractivity contribution in [3.05, 3.63) is 33.5 Å². The number of ether oxygens (including phenoxy) is 1. The number of amides is 1. The van der Waals surface area contributed by atoms with Crippen molar-refractivity contribution >= 4 is 46.3 Å². The van der Waals surface area contributed by atoms with Crippen molar-refractivity contribution < 1.29 is 14.3 Å². The number of nitrogens with zero attached hydrogens (tertiary/aromatic N) is 1. The normalized spacial score (nSPS) is 10.4. The van der Waals surface area contributed by atoms with Crippen molar-refractivity contribution in [3.8, 4) is 0 Å². The standard InChI is InChI=1S/C14H16N2O3S3/c1-2-19-13(18)6-10-8-21-14(16-10)22-9-12(17)15-7-11-4-3-5-20-11/h3-5,8H,2,6-7,9H2,1H3,(H,15,17). The molecule has 1 N–H and O–H groups in total.